The average molecular weight is 511 g/mol. The van der Waals surface area contributed by atoms with Crippen LogP contribution in [-0.2, 0) is 11.4 Å². The third kappa shape index (κ3) is 5.20. The first-order chi connectivity index (χ1) is 17.0. The molecule has 4 rings (SSSR count). The number of aliphatic hydroxyl groups is 1. The molecule has 0 unspecified atom stereocenters. The molecule has 188 valence electrons. The van der Waals surface area contributed by atoms with Crippen LogP contribution in [0.1, 0.15) is 49.2 Å². The Hall–Kier alpha value is -3.49. The molecule has 0 aliphatic heterocycles. The Morgan fingerprint density at radius 3 is 2.69 bits per heavy atom. The van der Waals surface area contributed by atoms with Gasteiger partial charge in [0.2, 0.25) is 0 Å². The molecule has 3 N–H and O–H groups in total. The van der Waals surface area contributed by atoms with E-state index in [-0.39, 0.29) is 11.6 Å². The zero-order chi connectivity index (χ0) is 26.2. The summed E-state index contributed by atoms with van der Waals surface area (Å²) in [5.74, 6) is -0.586. The predicted octanol–water partition coefficient (Wildman–Crippen LogP) is 5.56. The molecule has 9 heteroatoms. The molecular formula is C27H28ClFN4O3. The maximum absolute atomic E-state index is 14.3. The van der Waals surface area contributed by atoms with E-state index in [1.54, 1.807) is 13.1 Å². The minimum atomic E-state index is -1.58. The van der Waals surface area contributed by atoms with Gasteiger partial charge >= 0.3 is 0 Å². The lowest BCUT2D eigenvalue weighted by Crippen LogP contribution is -2.43. The molecule has 0 bridgehead atoms. The first kappa shape index (κ1) is 25.6. The summed E-state index contributed by atoms with van der Waals surface area (Å²) in [6, 6.07) is 9.55. The Bertz CT molecular complexity index is 1450. The largest absolute Gasteiger partial charge is 0.487 e. The highest BCUT2D eigenvalue weighted by Gasteiger charge is 2.27. The van der Waals surface area contributed by atoms with E-state index in [1.165, 1.54) is 26.0 Å². The molecule has 2 aromatic heterocycles. The van der Waals surface area contributed by atoms with Crippen LogP contribution in [0.3, 0.4) is 0 Å². The second-order valence-corrected chi connectivity index (χ2v) is 9.80. The molecule has 0 fully saturated rings. The maximum atomic E-state index is 14.3. The van der Waals surface area contributed by atoms with E-state index in [0.29, 0.717) is 22.4 Å². The van der Waals surface area contributed by atoms with Gasteiger partial charge in [0.05, 0.1) is 23.0 Å². The van der Waals surface area contributed by atoms with Crippen molar-refractivity contribution in [3.05, 3.63) is 75.8 Å². The first-order valence-electron chi connectivity index (χ1n) is 11.5. The van der Waals surface area contributed by atoms with Crippen LogP contribution in [0.2, 0.25) is 5.02 Å². The number of aryl methyl sites for hydroxylation is 2. The van der Waals surface area contributed by atoms with E-state index in [1.807, 2.05) is 38.1 Å². The quantitative estimate of drug-likeness (QED) is 0.302. The number of aromatic nitrogens is 3. The van der Waals surface area contributed by atoms with Crippen LogP contribution in [-0.4, -0.2) is 31.8 Å². The van der Waals surface area contributed by atoms with Gasteiger partial charge in [-0.1, -0.05) is 23.7 Å². The number of para-hydroxylation sites is 1. The van der Waals surface area contributed by atoms with Gasteiger partial charge in [-0.2, -0.15) is 5.10 Å². The topological polar surface area (TPSA) is 100 Å². The second-order valence-electron chi connectivity index (χ2n) is 9.39. The third-order valence-electron chi connectivity index (χ3n) is 5.97. The zero-order valence-corrected chi connectivity index (χ0v) is 21.5. The fourth-order valence-corrected chi connectivity index (χ4v) is 4.32. The van der Waals surface area contributed by atoms with Crippen LogP contribution in [0.25, 0.3) is 22.2 Å². The summed E-state index contributed by atoms with van der Waals surface area (Å²) in [6.45, 7) is 8.37. The Morgan fingerprint density at radius 1 is 1.28 bits per heavy atom. The molecule has 0 saturated carbocycles. The van der Waals surface area contributed by atoms with Gasteiger partial charge in [0.25, 0.3) is 5.91 Å². The molecule has 1 amide bonds. The number of aromatic amines is 1. The summed E-state index contributed by atoms with van der Waals surface area (Å²) >= 11 is 6.42. The lowest BCUT2D eigenvalue weighted by Gasteiger charge is -2.23. The molecule has 0 spiro atoms. The van der Waals surface area contributed by atoms with Crippen LogP contribution in [0.5, 0.6) is 5.75 Å². The molecule has 2 aromatic carbocycles. The molecular weight excluding hydrogens is 483 g/mol. The highest BCUT2D eigenvalue weighted by Crippen LogP contribution is 2.35. The number of amides is 1. The highest BCUT2D eigenvalue weighted by molar-refractivity contribution is 6.31. The fourth-order valence-electron chi connectivity index (χ4n) is 4.06. The normalized spacial score (nSPS) is 12.6. The number of benzene rings is 2. The first-order valence-corrected chi connectivity index (χ1v) is 11.9. The molecule has 0 aliphatic carbocycles. The summed E-state index contributed by atoms with van der Waals surface area (Å²) < 4.78 is 20.5. The number of carbonyl (C=O) groups is 1. The van der Waals surface area contributed by atoms with Crippen molar-refractivity contribution in [2.24, 2.45) is 0 Å². The van der Waals surface area contributed by atoms with Gasteiger partial charge in [0, 0.05) is 22.2 Å². The molecule has 1 atom stereocenters. The van der Waals surface area contributed by atoms with Crippen molar-refractivity contribution >= 4 is 28.4 Å². The Kier molecular flexibility index (Phi) is 7.02. The maximum Gasteiger partial charge on any atom is 0.251 e. The van der Waals surface area contributed by atoms with Crippen molar-refractivity contribution in [2.75, 3.05) is 0 Å². The van der Waals surface area contributed by atoms with Gasteiger partial charge in [0.1, 0.15) is 29.3 Å². The number of nitrogens with one attached hydrogen (secondary N) is 2. The molecule has 0 radical (unpaired) electrons. The number of hydrogen-bond donors (Lipinski definition) is 3. The number of carbonyl (C=O) groups excluding carboxylic acids is 1. The van der Waals surface area contributed by atoms with Crippen LogP contribution >= 0.6 is 11.6 Å². The van der Waals surface area contributed by atoms with Crippen molar-refractivity contribution in [3.8, 4) is 17.0 Å². The van der Waals surface area contributed by atoms with Crippen molar-refractivity contribution < 1.29 is 19.0 Å². The van der Waals surface area contributed by atoms with E-state index in [4.69, 9.17) is 21.3 Å². The Morgan fingerprint density at radius 2 is 2.03 bits per heavy atom. The molecule has 7 nitrogen and oxygen atoms in total. The minimum Gasteiger partial charge on any atom is -0.487 e. The van der Waals surface area contributed by atoms with Crippen molar-refractivity contribution in [1.29, 1.82) is 0 Å². The van der Waals surface area contributed by atoms with Crippen LogP contribution < -0.4 is 10.1 Å². The van der Waals surface area contributed by atoms with Crippen molar-refractivity contribution in [1.82, 2.24) is 20.5 Å². The SMILES string of the molecule is Cc1cc(-c2[nH]ncc2C)c2cccc(OCc3c(Cl)cc(F)cc3[C@H](C)NC(=O)C(C)(C)O)c2n1. The number of H-pyrrole nitrogens is 1. The molecule has 2 heterocycles. The lowest BCUT2D eigenvalue weighted by atomic mass is 10.00. The molecule has 0 aliphatic rings. The number of fused-ring (bicyclic) bond motifs is 1. The smallest absolute Gasteiger partial charge is 0.251 e. The average Bonchev–Trinajstić information content (AvgIpc) is 3.22. The lowest BCUT2D eigenvalue weighted by molar-refractivity contribution is -0.137. The van der Waals surface area contributed by atoms with Crippen LogP contribution in [0.15, 0.2) is 42.6 Å². The third-order valence-corrected chi connectivity index (χ3v) is 6.30. The fraction of sp³-hybridized carbons (Fsp3) is 0.296. The highest BCUT2D eigenvalue weighted by atomic mass is 35.5. The number of hydrogen-bond acceptors (Lipinski definition) is 5. The summed E-state index contributed by atoms with van der Waals surface area (Å²) in [5, 5.41) is 21.0. The van der Waals surface area contributed by atoms with E-state index >= 15 is 0 Å². The van der Waals surface area contributed by atoms with Gasteiger partial charge < -0.3 is 15.2 Å². The summed E-state index contributed by atoms with van der Waals surface area (Å²) in [4.78, 5) is 17.0. The summed E-state index contributed by atoms with van der Waals surface area (Å²) in [7, 11) is 0. The van der Waals surface area contributed by atoms with Gasteiger partial charge in [-0.05, 0) is 70.0 Å². The zero-order valence-electron chi connectivity index (χ0n) is 20.7. The number of ether oxygens (including phenoxy) is 1. The Labute approximate surface area is 213 Å². The number of pyridine rings is 1. The predicted molar refractivity (Wildman–Crippen MR) is 137 cm³/mol. The number of rotatable bonds is 7. The summed E-state index contributed by atoms with van der Waals surface area (Å²) in [6.07, 6.45) is 1.77. The van der Waals surface area contributed by atoms with Gasteiger partial charge in [-0.3, -0.25) is 9.89 Å². The molecule has 36 heavy (non-hydrogen) atoms. The number of nitrogens with zero attached hydrogens (tertiary/aromatic N) is 2. The van der Waals surface area contributed by atoms with E-state index in [0.717, 1.165) is 27.9 Å². The van der Waals surface area contributed by atoms with Crippen LogP contribution in [0.4, 0.5) is 4.39 Å². The summed E-state index contributed by atoms with van der Waals surface area (Å²) in [5.41, 5.74) is 3.75. The van der Waals surface area contributed by atoms with E-state index in [2.05, 4.69) is 15.5 Å². The van der Waals surface area contributed by atoms with Crippen molar-refractivity contribution in [3.63, 3.8) is 0 Å². The van der Waals surface area contributed by atoms with Gasteiger partial charge in [0.15, 0.2) is 0 Å². The van der Waals surface area contributed by atoms with E-state index < -0.39 is 23.4 Å². The molecule has 4 aromatic rings. The standard InChI is InChI=1S/C27H28ClFN4O3/c1-14-12-30-33-24(14)20-9-15(2)31-25-18(20)7-6-8-23(25)36-13-21-19(10-17(29)11-22(21)28)16(3)32-26(34)27(4,5)35/h6-12,16,35H,13H2,1-5H3,(H,30,33)(H,32,34)/t16-/m0/s1. The Balaban J connectivity index is 1.70. The van der Waals surface area contributed by atoms with Crippen molar-refractivity contribution in [2.45, 2.75) is 52.9 Å². The minimum absolute atomic E-state index is 0.0182. The van der Waals surface area contributed by atoms with E-state index in [9.17, 15) is 14.3 Å². The monoisotopic (exact) mass is 510 g/mol. The molecule has 0 saturated heterocycles. The second kappa shape index (κ2) is 9.87. The van der Waals surface area contributed by atoms with Crippen LogP contribution in [0, 0.1) is 19.7 Å². The van der Waals surface area contributed by atoms with Gasteiger partial charge in [-0.15, -0.1) is 0 Å². The number of halogens is 2. The van der Waals surface area contributed by atoms with Gasteiger partial charge in [-0.25, -0.2) is 9.37 Å².